The van der Waals surface area contributed by atoms with Crippen LogP contribution in [0.1, 0.15) is 47.2 Å². The van der Waals surface area contributed by atoms with E-state index >= 15 is 0 Å². The van der Waals surface area contributed by atoms with E-state index in [1.54, 1.807) is 0 Å². The molecule has 5 nitrogen and oxygen atoms in total. The lowest BCUT2D eigenvalue weighted by Crippen LogP contribution is -2.42. The van der Waals surface area contributed by atoms with Crippen molar-refractivity contribution in [1.29, 1.82) is 0 Å². The SMILES string of the molecule is O=C(NCC1CCN(CCNC(=O)C2CC2)CC1)c1cc(C(F)(F)F)cc(C(F)(F)F)c1. The second kappa shape index (κ2) is 9.68. The Kier molecular flexibility index (Phi) is 7.36. The minimum atomic E-state index is -5.00. The van der Waals surface area contributed by atoms with Crippen molar-refractivity contribution < 1.29 is 35.9 Å². The molecule has 0 unspecified atom stereocenters. The molecule has 11 heteroatoms. The number of carbonyl (C=O) groups excluding carboxylic acids is 2. The number of likely N-dealkylation sites (tertiary alicyclic amines) is 1. The molecule has 1 aromatic carbocycles. The van der Waals surface area contributed by atoms with Gasteiger partial charge in [-0.1, -0.05) is 0 Å². The van der Waals surface area contributed by atoms with E-state index in [0.717, 1.165) is 38.8 Å². The lowest BCUT2D eigenvalue weighted by Gasteiger charge is -2.32. The van der Waals surface area contributed by atoms with Gasteiger partial charge in [0.1, 0.15) is 0 Å². The van der Waals surface area contributed by atoms with E-state index in [4.69, 9.17) is 0 Å². The Bertz CT molecular complexity index is 796. The molecule has 1 aliphatic heterocycles. The number of nitrogens with zero attached hydrogens (tertiary/aromatic N) is 1. The zero-order valence-electron chi connectivity index (χ0n) is 17.3. The number of amides is 2. The van der Waals surface area contributed by atoms with Crippen molar-refractivity contribution >= 4 is 11.8 Å². The van der Waals surface area contributed by atoms with E-state index in [1.165, 1.54) is 0 Å². The first-order chi connectivity index (χ1) is 14.9. The number of nitrogens with one attached hydrogen (secondary N) is 2. The van der Waals surface area contributed by atoms with Gasteiger partial charge in [0.25, 0.3) is 5.91 Å². The van der Waals surface area contributed by atoms with Crippen LogP contribution in [0.4, 0.5) is 26.3 Å². The molecule has 0 radical (unpaired) electrons. The number of carbonyl (C=O) groups is 2. The molecule has 32 heavy (non-hydrogen) atoms. The Balaban J connectivity index is 1.48. The van der Waals surface area contributed by atoms with Crippen LogP contribution in [0.3, 0.4) is 0 Å². The molecule has 2 fully saturated rings. The number of benzene rings is 1. The van der Waals surface area contributed by atoms with Crippen LogP contribution >= 0.6 is 0 Å². The maximum atomic E-state index is 13.0. The van der Waals surface area contributed by atoms with Crippen LogP contribution in [0.5, 0.6) is 0 Å². The quantitative estimate of drug-likeness (QED) is 0.604. The molecule has 1 aliphatic carbocycles. The zero-order valence-corrected chi connectivity index (χ0v) is 17.3. The molecule has 2 amide bonds. The highest BCUT2D eigenvalue weighted by Crippen LogP contribution is 2.36. The summed E-state index contributed by atoms with van der Waals surface area (Å²) in [4.78, 5) is 26.1. The average molecular weight is 465 g/mol. The van der Waals surface area contributed by atoms with Gasteiger partial charge in [-0.15, -0.1) is 0 Å². The van der Waals surface area contributed by atoms with Gasteiger partial charge in [0.05, 0.1) is 11.1 Å². The number of halogens is 6. The van der Waals surface area contributed by atoms with Crippen molar-refractivity contribution in [1.82, 2.24) is 15.5 Å². The van der Waals surface area contributed by atoms with Crippen molar-refractivity contribution in [3.8, 4) is 0 Å². The van der Waals surface area contributed by atoms with Crippen molar-refractivity contribution in [2.45, 2.75) is 38.0 Å². The van der Waals surface area contributed by atoms with Crippen molar-refractivity contribution in [2.75, 3.05) is 32.7 Å². The van der Waals surface area contributed by atoms with Crippen LogP contribution < -0.4 is 10.6 Å². The fourth-order valence-corrected chi connectivity index (χ4v) is 3.67. The van der Waals surface area contributed by atoms with Gasteiger partial charge in [0.15, 0.2) is 0 Å². The molecule has 0 atom stereocenters. The van der Waals surface area contributed by atoms with Gasteiger partial charge < -0.3 is 15.5 Å². The minimum Gasteiger partial charge on any atom is -0.355 e. The maximum Gasteiger partial charge on any atom is 0.416 e. The van der Waals surface area contributed by atoms with E-state index < -0.39 is 35.0 Å². The summed E-state index contributed by atoms with van der Waals surface area (Å²) in [5, 5.41) is 5.36. The lowest BCUT2D eigenvalue weighted by atomic mass is 9.96. The number of rotatable bonds is 7. The van der Waals surface area contributed by atoms with Gasteiger partial charge >= 0.3 is 12.4 Å². The standard InChI is InChI=1S/C21H25F6N3O2/c22-20(23,24)16-9-15(10-17(11-16)21(25,26)27)19(32)29-12-13-3-6-30(7-4-13)8-5-28-18(31)14-1-2-14/h9-11,13-14H,1-8,12H2,(H,28,31)(H,29,32). The number of alkyl halides is 6. The van der Waals surface area contributed by atoms with Crippen LogP contribution in [-0.2, 0) is 17.1 Å². The normalized spacial score (nSPS) is 18.4. The van der Waals surface area contributed by atoms with Crippen LogP contribution in [0.15, 0.2) is 18.2 Å². The second-order valence-corrected chi connectivity index (χ2v) is 8.35. The summed E-state index contributed by atoms with van der Waals surface area (Å²) in [6, 6.07) is 0.867. The Hall–Kier alpha value is -2.30. The highest BCUT2D eigenvalue weighted by molar-refractivity contribution is 5.94. The predicted molar refractivity (Wildman–Crippen MR) is 104 cm³/mol. The molecule has 2 aliphatic rings. The fraction of sp³-hybridized carbons (Fsp3) is 0.619. The molecule has 0 bridgehead atoms. The molecule has 0 spiro atoms. The molecule has 1 saturated carbocycles. The summed E-state index contributed by atoms with van der Waals surface area (Å²) >= 11 is 0. The first-order valence-electron chi connectivity index (χ1n) is 10.5. The third-order valence-corrected chi connectivity index (χ3v) is 5.78. The zero-order chi connectivity index (χ0) is 23.5. The third kappa shape index (κ3) is 6.85. The molecule has 3 rings (SSSR count). The maximum absolute atomic E-state index is 13.0. The molecule has 0 aromatic heterocycles. The summed E-state index contributed by atoms with van der Waals surface area (Å²) < 4.78 is 77.8. The summed E-state index contributed by atoms with van der Waals surface area (Å²) in [6.45, 7) is 2.92. The van der Waals surface area contributed by atoms with Crippen LogP contribution in [-0.4, -0.2) is 49.4 Å². The largest absolute Gasteiger partial charge is 0.416 e. The summed E-state index contributed by atoms with van der Waals surface area (Å²) in [7, 11) is 0. The van der Waals surface area contributed by atoms with Crippen LogP contribution in [0.25, 0.3) is 0 Å². The van der Waals surface area contributed by atoms with E-state index in [2.05, 4.69) is 15.5 Å². The molecule has 1 aromatic rings. The molecule has 1 heterocycles. The molecule has 1 saturated heterocycles. The van der Waals surface area contributed by atoms with E-state index in [9.17, 15) is 35.9 Å². The van der Waals surface area contributed by atoms with E-state index in [0.29, 0.717) is 25.2 Å². The molecule has 2 N–H and O–H groups in total. The first kappa shape index (κ1) is 24.3. The van der Waals surface area contributed by atoms with E-state index in [-0.39, 0.29) is 30.4 Å². The van der Waals surface area contributed by atoms with Gasteiger partial charge in [0, 0.05) is 31.1 Å². The lowest BCUT2D eigenvalue weighted by molar-refractivity contribution is -0.143. The average Bonchev–Trinajstić information content (AvgIpc) is 3.57. The topological polar surface area (TPSA) is 61.4 Å². The first-order valence-corrected chi connectivity index (χ1v) is 10.5. The van der Waals surface area contributed by atoms with Gasteiger partial charge in [-0.3, -0.25) is 9.59 Å². The van der Waals surface area contributed by atoms with Gasteiger partial charge in [0.2, 0.25) is 5.91 Å². The molecular weight excluding hydrogens is 440 g/mol. The number of piperidine rings is 1. The van der Waals surface area contributed by atoms with Gasteiger partial charge in [-0.25, -0.2) is 0 Å². The summed E-state index contributed by atoms with van der Waals surface area (Å²) in [6.07, 6.45) is -6.65. The van der Waals surface area contributed by atoms with Gasteiger partial charge in [-0.2, -0.15) is 26.3 Å². The van der Waals surface area contributed by atoms with Crippen LogP contribution in [0, 0.1) is 11.8 Å². The Morgan fingerprint density at radius 3 is 1.94 bits per heavy atom. The number of hydrogen-bond donors (Lipinski definition) is 2. The van der Waals surface area contributed by atoms with Crippen LogP contribution in [0.2, 0.25) is 0 Å². The second-order valence-electron chi connectivity index (χ2n) is 8.35. The smallest absolute Gasteiger partial charge is 0.355 e. The number of hydrogen-bond acceptors (Lipinski definition) is 3. The predicted octanol–water partition coefficient (Wildman–Crippen LogP) is 3.69. The molecule has 178 valence electrons. The summed E-state index contributed by atoms with van der Waals surface area (Å²) in [5.74, 6) is -0.643. The monoisotopic (exact) mass is 465 g/mol. The van der Waals surface area contributed by atoms with Crippen molar-refractivity contribution in [3.63, 3.8) is 0 Å². The van der Waals surface area contributed by atoms with Gasteiger partial charge in [-0.05, 0) is 62.9 Å². The molecular formula is C21H25F6N3O2. The van der Waals surface area contributed by atoms with Crippen molar-refractivity contribution in [2.24, 2.45) is 11.8 Å². The highest BCUT2D eigenvalue weighted by atomic mass is 19.4. The highest BCUT2D eigenvalue weighted by Gasteiger charge is 2.37. The third-order valence-electron chi connectivity index (χ3n) is 5.78. The Morgan fingerprint density at radius 2 is 1.44 bits per heavy atom. The fourth-order valence-electron chi connectivity index (χ4n) is 3.67. The Labute approximate surface area is 181 Å². The summed E-state index contributed by atoms with van der Waals surface area (Å²) in [5.41, 5.74) is -3.70. The minimum absolute atomic E-state index is 0.000417. The Morgan fingerprint density at radius 1 is 0.875 bits per heavy atom. The van der Waals surface area contributed by atoms with E-state index in [1.807, 2.05) is 0 Å². The van der Waals surface area contributed by atoms with Crippen molar-refractivity contribution in [3.05, 3.63) is 34.9 Å².